The molecule has 0 unspecified atom stereocenters. The summed E-state index contributed by atoms with van der Waals surface area (Å²) in [5.41, 5.74) is 3.89. The van der Waals surface area contributed by atoms with Gasteiger partial charge in [-0.25, -0.2) is 8.42 Å². The fourth-order valence-corrected chi connectivity index (χ4v) is 7.70. The highest BCUT2D eigenvalue weighted by Gasteiger charge is 2.36. The fraction of sp³-hybridized carbons (Fsp3) is 0.394. The zero-order valence-electron chi connectivity index (χ0n) is 23.2. The Hall–Kier alpha value is -3.49. The van der Waals surface area contributed by atoms with E-state index < -0.39 is 15.8 Å². The average molecular weight is 576 g/mol. The normalized spacial score (nSPS) is 21.4. The van der Waals surface area contributed by atoms with Gasteiger partial charge >= 0.3 is 5.97 Å². The number of hydrogen-bond acceptors (Lipinski definition) is 5. The van der Waals surface area contributed by atoms with Crippen molar-refractivity contribution in [1.82, 2.24) is 4.90 Å². The van der Waals surface area contributed by atoms with E-state index in [9.17, 15) is 18.0 Å². The summed E-state index contributed by atoms with van der Waals surface area (Å²) in [6.07, 6.45) is 3.43. The van der Waals surface area contributed by atoms with Gasteiger partial charge in [0.05, 0.1) is 29.9 Å². The summed E-state index contributed by atoms with van der Waals surface area (Å²) in [5, 5.41) is 8.86. The second-order valence-electron chi connectivity index (χ2n) is 11.1. The largest absolute Gasteiger partial charge is 0.481 e. The molecule has 1 aliphatic heterocycles. The van der Waals surface area contributed by atoms with Crippen LogP contribution in [0.15, 0.2) is 83.8 Å². The van der Waals surface area contributed by atoms with Crippen LogP contribution in [0.3, 0.4) is 0 Å². The van der Waals surface area contributed by atoms with E-state index >= 15 is 0 Å². The lowest BCUT2D eigenvalue weighted by Crippen LogP contribution is -2.46. The molecule has 1 saturated carbocycles. The molecular weight excluding hydrogens is 538 g/mol. The lowest BCUT2D eigenvalue weighted by atomic mass is 9.82. The van der Waals surface area contributed by atoms with Gasteiger partial charge in [-0.15, -0.1) is 0 Å². The molecule has 216 valence electrons. The zero-order valence-corrected chi connectivity index (χ0v) is 24.0. The molecule has 1 saturated heterocycles. The fourth-order valence-electron chi connectivity index (χ4n) is 6.01. The molecule has 0 aromatic heterocycles. The van der Waals surface area contributed by atoms with E-state index in [0.717, 1.165) is 35.1 Å². The Kier molecular flexibility index (Phi) is 9.20. The maximum atomic E-state index is 13.5. The molecule has 0 bridgehead atoms. The Morgan fingerprint density at radius 1 is 0.854 bits per heavy atom. The highest BCUT2D eigenvalue weighted by molar-refractivity contribution is 7.91. The summed E-state index contributed by atoms with van der Waals surface area (Å²) in [4.78, 5) is 26.6. The molecule has 3 aromatic carbocycles. The predicted molar refractivity (Wildman–Crippen MR) is 157 cm³/mol. The highest BCUT2D eigenvalue weighted by atomic mass is 32.2. The van der Waals surface area contributed by atoms with Crippen molar-refractivity contribution in [3.05, 3.63) is 90.0 Å². The van der Waals surface area contributed by atoms with Crippen LogP contribution in [0.5, 0.6) is 0 Å². The molecule has 1 heterocycles. The number of aryl methyl sites for hydroxylation is 1. The van der Waals surface area contributed by atoms with Crippen molar-refractivity contribution >= 4 is 21.7 Å². The molecule has 5 rings (SSSR count). The van der Waals surface area contributed by atoms with Gasteiger partial charge in [-0.2, -0.15) is 0 Å². The Morgan fingerprint density at radius 2 is 1.49 bits per heavy atom. The molecule has 1 amide bonds. The number of hydrogen-bond donors (Lipinski definition) is 1. The van der Waals surface area contributed by atoms with Gasteiger partial charge < -0.3 is 14.7 Å². The van der Waals surface area contributed by atoms with Gasteiger partial charge in [0.1, 0.15) is 0 Å². The van der Waals surface area contributed by atoms with E-state index in [4.69, 9.17) is 9.84 Å². The van der Waals surface area contributed by atoms with Crippen molar-refractivity contribution in [2.45, 2.75) is 49.5 Å². The molecule has 41 heavy (non-hydrogen) atoms. The van der Waals surface area contributed by atoms with E-state index in [1.807, 2.05) is 71.6 Å². The first-order valence-electron chi connectivity index (χ1n) is 14.4. The molecule has 8 heteroatoms. The van der Waals surface area contributed by atoms with Gasteiger partial charge in [-0.1, -0.05) is 66.7 Å². The Balaban J connectivity index is 1.16. The maximum Gasteiger partial charge on any atom is 0.303 e. The summed E-state index contributed by atoms with van der Waals surface area (Å²) in [6, 6.07) is 24.6. The van der Waals surface area contributed by atoms with Crippen LogP contribution in [-0.4, -0.2) is 55.8 Å². The third kappa shape index (κ3) is 7.24. The van der Waals surface area contributed by atoms with Crippen molar-refractivity contribution in [2.75, 3.05) is 25.5 Å². The lowest BCUT2D eigenvalue weighted by molar-refractivity contribution is -0.146. The highest BCUT2D eigenvalue weighted by Crippen LogP contribution is 2.35. The summed E-state index contributed by atoms with van der Waals surface area (Å²) in [6.45, 7) is 1.62. The second-order valence-corrected chi connectivity index (χ2v) is 13.2. The minimum absolute atomic E-state index is 0.0386. The SMILES string of the molecule is O=C(O)CCc1ccc(-c2ccc(S(=O)(=O)CC3CCC(C(=O)N4CCOC[C@H]4c4ccccc4)CC3)cc2)cc1. The van der Waals surface area contributed by atoms with E-state index in [2.05, 4.69) is 0 Å². The van der Waals surface area contributed by atoms with Crippen LogP contribution >= 0.6 is 0 Å². The summed E-state index contributed by atoms with van der Waals surface area (Å²) in [5.74, 6) is -0.605. The van der Waals surface area contributed by atoms with Crippen molar-refractivity contribution < 1.29 is 27.9 Å². The average Bonchev–Trinajstić information content (AvgIpc) is 3.00. The number of aliphatic carboxylic acids is 1. The van der Waals surface area contributed by atoms with Crippen molar-refractivity contribution in [2.24, 2.45) is 11.8 Å². The third-order valence-corrected chi connectivity index (χ3v) is 10.3. The zero-order chi connectivity index (χ0) is 28.8. The number of ether oxygens (including phenoxy) is 1. The number of carbonyl (C=O) groups excluding carboxylic acids is 1. The number of nitrogens with zero attached hydrogens (tertiary/aromatic N) is 1. The first kappa shape index (κ1) is 29.0. The first-order valence-corrected chi connectivity index (χ1v) is 16.0. The standard InChI is InChI=1S/C33H37NO6S/c35-32(36)19-10-24-6-11-26(12-7-24)27-15-17-30(18-16-27)41(38,39)23-25-8-13-29(14-9-25)33(37)34-20-21-40-22-31(34)28-4-2-1-3-5-28/h1-7,11-12,15-18,25,29,31H,8-10,13-14,19-23H2,(H,35,36)/t25?,29?,31-/m0/s1. The van der Waals surface area contributed by atoms with E-state index in [1.54, 1.807) is 12.1 Å². The number of carboxylic acids is 1. The Bertz CT molecular complexity index is 1430. The number of benzene rings is 3. The molecule has 2 aliphatic rings. The number of amides is 1. The van der Waals surface area contributed by atoms with Gasteiger partial charge in [0.25, 0.3) is 0 Å². The lowest BCUT2D eigenvalue weighted by Gasteiger charge is -2.39. The molecule has 1 atom stereocenters. The summed E-state index contributed by atoms with van der Waals surface area (Å²) >= 11 is 0. The number of carbonyl (C=O) groups is 2. The van der Waals surface area contributed by atoms with E-state index in [1.165, 1.54) is 0 Å². The van der Waals surface area contributed by atoms with Crippen molar-refractivity contribution in [3.63, 3.8) is 0 Å². The second kappa shape index (κ2) is 13.0. The van der Waals surface area contributed by atoms with Crippen LogP contribution in [0.4, 0.5) is 0 Å². The van der Waals surface area contributed by atoms with Crippen LogP contribution < -0.4 is 0 Å². The molecular formula is C33H37NO6S. The molecule has 0 radical (unpaired) electrons. The van der Waals surface area contributed by atoms with Crippen LogP contribution in [0, 0.1) is 11.8 Å². The minimum atomic E-state index is -3.45. The summed E-state index contributed by atoms with van der Waals surface area (Å²) < 4.78 is 32.2. The van der Waals surface area contributed by atoms with E-state index in [-0.39, 0.29) is 36.0 Å². The van der Waals surface area contributed by atoms with Crippen LogP contribution in [0.25, 0.3) is 11.1 Å². The topological polar surface area (TPSA) is 101 Å². The monoisotopic (exact) mass is 575 g/mol. The Labute approximate surface area is 242 Å². The number of carboxylic acid groups (broad SMARTS) is 1. The third-order valence-electron chi connectivity index (χ3n) is 8.38. The van der Waals surface area contributed by atoms with Crippen molar-refractivity contribution in [3.8, 4) is 11.1 Å². The maximum absolute atomic E-state index is 13.5. The summed E-state index contributed by atoms with van der Waals surface area (Å²) in [7, 11) is -3.45. The Morgan fingerprint density at radius 3 is 2.12 bits per heavy atom. The van der Waals surface area contributed by atoms with Crippen LogP contribution in [0.1, 0.15) is 49.3 Å². The molecule has 0 spiro atoms. The molecule has 3 aromatic rings. The van der Waals surface area contributed by atoms with Gasteiger partial charge in [0.2, 0.25) is 5.91 Å². The van der Waals surface area contributed by atoms with Gasteiger partial charge in [0, 0.05) is 18.9 Å². The first-order chi connectivity index (χ1) is 19.8. The minimum Gasteiger partial charge on any atom is -0.481 e. The number of sulfone groups is 1. The predicted octanol–water partition coefficient (Wildman–Crippen LogP) is 5.55. The van der Waals surface area contributed by atoms with Crippen LogP contribution in [0.2, 0.25) is 0 Å². The van der Waals surface area contributed by atoms with Gasteiger partial charge in [-0.05, 0) is 72.4 Å². The van der Waals surface area contributed by atoms with Crippen molar-refractivity contribution in [1.29, 1.82) is 0 Å². The van der Waals surface area contributed by atoms with E-state index in [0.29, 0.717) is 43.9 Å². The van der Waals surface area contributed by atoms with Gasteiger partial charge in [0.15, 0.2) is 9.84 Å². The quantitative estimate of drug-likeness (QED) is 0.359. The number of rotatable bonds is 9. The number of morpholine rings is 1. The molecule has 1 N–H and O–H groups in total. The van der Waals surface area contributed by atoms with Crippen LogP contribution in [-0.2, 0) is 30.6 Å². The van der Waals surface area contributed by atoms with Gasteiger partial charge in [-0.3, -0.25) is 9.59 Å². The molecule has 7 nitrogen and oxygen atoms in total. The molecule has 1 aliphatic carbocycles. The smallest absolute Gasteiger partial charge is 0.303 e. The molecule has 2 fully saturated rings.